The molecule has 3 aromatic rings. The Hall–Kier alpha value is -2.78. The molecule has 0 aliphatic carbocycles. The number of hydrogen-bond acceptors (Lipinski definition) is 6. The summed E-state index contributed by atoms with van der Waals surface area (Å²) < 4.78 is 13.0. The zero-order valence-corrected chi connectivity index (χ0v) is 19.3. The van der Waals surface area contributed by atoms with Gasteiger partial charge < -0.3 is 14.5 Å². The third-order valence-corrected chi connectivity index (χ3v) is 7.31. The first-order valence-corrected chi connectivity index (χ1v) is 11.5. The SMILES string of the molecule is COc1ccc2cc([C@@H]3SC(C)=Nc4c3c(=O)[nH]n4[C@@H]3CCOC(C)(C)C3)c(=O)[nH]c2c1. The number of nitrogens with zero attached hydrogens (tertiary/aromatic N) is 2. The second kappa shape index (κ2) is 7.67. The van der Waals surface area contributed by atoms with Crippen LogP contribution >= 0.6 is 11.8 Å². The molecule has 9 heteroatoms. The van der Waals surface area contributed by atoms with Crippen LogP contribution in [0, 0.1) is 0 Å². The van der Waals surface area contributed by atoms with Crippen LogP contribution in [-0.4, -0.2) is 39.1 Å². The van der Waals surface area contributed by atoms with Gasteiger partial charge in [-0.05, 0) is 57.2 Å². The molecule has 1 fully saturated rings. The number of methoxy groups -OCH3 is 1. The molecule has 32 heavy (non-hydrogen) atoms. The lowest BCUT2D eigenvalue weighted by atomic mass is 9.94. The summed E-state index contributed by atoms with van der Waals surface area (Å²) in [5.74, 6) is 1.29. The summed E-state index contributed by atoms with van der Waals surface area (Å²) in [4.78, 5) is 33.9. The van der Waals surface area contributed by atoms with E-state index in [1.54, 1.807) is 13.2 Å². The fraction of sp³-hybridized carbons (Fsp3) is 0.435. The number of rotatable bonds is 3. The van der Waals surface area contributed by atoms with E-state index in [1.807, 2.05) is 29.8 Å². The van der Waals surface area contributed by atoms with Crippen LogP contribution in [0.3, 0.4) is 0 Å². The fourth-order valence-corrected chi connectivity index (χ4v) is 5.74. The molecule has 0 saturated carbocycles. The second-order valence-electron chi connectivity index (χ2n) is 8.94. The van der Waals surface area contributed by atoms with E-state index in [-0.39, 0.29) is 22.8 Å². The molecule has 2 N–H and O–H groups in total. The van der Waals surface area contributed by atoms with Crippen molar-refractivity contribution in [3.05, 3.63) is 56.1 Å². The normalized spacial score (nSPS) is 22.4. The number of hydrogen-bond donors (Lipinski definition) is 2. The smallest absolute Gasteiger partial charge is 0.271 e. The molecule has 1 saturated heterocycles. The molecule has 0 unspecified atom stereocenters. The Morgan fingerprint density at radius 2 is 2.06 bits per heavy atom. The maximum Gasteiger partial charge on any atom is 0.271 e. The molecule has 2 atom stereocenters. The number of aromatic nitrogens is 3. The second-order valence-corrected chi connectivity index (χ2v) is 10.2. The Labute approximate surface area is 189 Å². The molecule has 0 spiro atoms. The maximum atomic E-state index is 13.1. The lowest BCUT2D eigenvalue weighted by Crippen LogP contribution is -2.35. The minimum atomic E-state index is -0.435. The summed E-state index contributed by atoms with van der Waals surface area (Å²) in [6.45, 7) is 6.66. The lowest BCUT2D eigenvalue weighted by Gasteiger charge is -2.36. The Kier molecular flexibility index (Phi) is 5.05. The molecular weight excluding hydrogens is 428 g/mol. The van der Waals surface area contributed by atoms with Crippen molar-refractivity contribution < 1.29 is 9.47 Å². The Morgan fingerprint density at radius 1 is 1.25 bits per heavy atom. The highest BCUT2D eigenvalue weighted by molar-refractivity contribution is 8.14. The van der Waals surface area contributed by atoms with Crippen LogP contribution in [-0.2, 0) is 4.74 Å². The van der Waals surface area contributed by atoms with Gasteiger partial charge in [0, 0.05) is 18.2 Å². The summed E-state index contributed by atoms with van der Waals surface area (Å²) in [6, 6.07) is 7.50. The van der Waals surface area contributed by atoms with Gasteiger partial charge in [-0.25, -0.2) is 4.99 Å². The number of benzene rings is 1. The Balaban J connectivity index is 1.63. The molecule has 2 aromatic heterocycles. The van der Waals surface area contributed by atoms with Crippen LogP contribution < -0.4 is 15.9 Å². The standard InChI is InChI=1S/C23H26N4O4S/c1-12-24-20-18(22(29)26-27(20)14-7-8-31-23(2,3)11-14)19(32-12)16-9-13-5-6-15(30-4)10-17(13)25-21(16)28/h5-6,9-10,14,19H,7-8,11H2,1-4H3,(H,25,28)(H,26,29)/t14-,19+/m1/s1. The van der Waals surface area contributed by atoms with Crippen LogP contribution in [0.15, 0.2) is 38.8 Å². The molecule has 0 radical (unpaired) electrons. The number of thioether (sulfide) groups is 1. The summed E-state index contributed by atoms with van der Waals surface area (Å²) in [5.41, 5.74) is 1.08. The monoisotopic (exact) mass is 454 g/mol. The van der Waals surface area contributed by atoms with Crippen molar-refractivity contribution in [2.24, 2.45) is 4.99 Å². The largest absolute Gasteiger partial charge is 0.497 e. The predicted octanol–water partition coefficient (Wildman–Crippen LogP) is 4.04. The molecule has 0 bridgehead atoms. The van der Waals surface area contributed by atoms with Gasteiger partial charge in [0.2, 0.25) is 0 Å². The molecule has 168 valence electrons. The lowest BCUT2D eigenvalue weighted by molar-refractivity contribution is -0.0705. The molecule has 8 nitrogen and oxygen atoms in total. The number of nitrogens with one attached hydrogen (secondary N) is 2. The highest BCUT2D eigenvalue weighted by Gasteiger charge is 2.36. The van der Waals surface area contributed by atoms with Crippen LogP contribution in [0.5, 0.6) is 5.75 Å². The number of ether oxygens (including phenoxy) is 2. The highest BCUT2D eigenvalue weighted by atomic mass is 32.2. The van der Waals surface area contributed by atoms with Crippen molar-refractivity contribution in [2.75, 3.05) is 13.7 Å². The van der Waals surface area contributed by atoms with Crippen molar-refractivity contribution in [3.8, 4) is 5.75 Å². The molecule has 1 aromatic carbocycles. The summed E-state index contributed by atoms with van der Waals surface area (Å²) in [7, 11) is 1.59. The van der Waals surface area contributed by atoms with Gasteiger partial charge >= 0.3 is 0 Å². The Bertz CT molecular complexity index is 1350. The van der Waals surface area contributed by atoms with Crippen LogP contribution in [0.2, 0.25) is 0 Å². The minimum absolute atomic E-state index is 0.0813. The predicted molar refractivity (Wildman–Crippen MR) is 127 cm³/mol. The van der Waals surface area contributed by atoms with Gasteiger partial charge in [0.05, 0.1) is 40.1 Å². The zero-order valence-electron chi connectivity index (χ0n) is 18.5. The van der Waals surface area contributed by atoms with E-state index < -0.39 is 5.25 Å². The topological polar surface area (TPSA) is 101 Å². The minimum Gasteiger partial charge on any atom is -0.497 e. The number of H-pyrrole nitrogens is 2. The van der Waals surface area contributed by atoms with Gasteiger partial charge in [-0.1, -0.05) is 11.8 Å². The van der Waals surface area contributed by atoms with E-state index in [4.69, 9.17) is 14.5 Å². The van der Waals surface area contributed by atoms with Crippen molar-refractivity contribution in [3.63, 3.8) is 0 Å². The summed E-state index contributed by atoms with van der Waals surface area (Å²) in [6.07, 6.45) is 1.57. The van der Waals surface area contributed by atoms with Crippen molar-refractivity contribution >= 4 is 33.5 Å². The van der Waals surface area contributed by atoms with Gasteiger partial charge in [0.25, 0.3) is 11.1 Å². The van der Waals surface area contributed by atoms with Crippen molar-refractivity contribution in [1.29, 1.82) is 0 Å². The summed E-state index contributed by atoms with van der Waals surface area (Å²) >= 11 is 1.43. The molecular formula is C23H26N4O4S. The first-order chi connectivity index (χ1) is 15.3. The maximum absolute atomic E-state index is 13.1. The molecule has 5 rings (SSSR count). The molecule has 2 aliphatic rings. The van der Waals surface area contributed by atoms with Crippen molar-refractivity contribution in [1.82, 2.24) is 14.8 Å². The number of fused-ring (bicyclic) bond motifs is 2. The number of pyridine rings is 1. The quantitative estimate of drug-likeness (QED) is 0.622. The van der Waals surface area contributed by atoms with Gasteiger partial charge in [-0.2, -0.15) is 0 Å². The molecule has 2 aliphatic heterocycles. The van der Waals surface area contributed by atoms with Gasteiger partial charge in [0.1, 0.15) is 5.75 Å². The van der Waals surface area contributed by atoms with E-state index in [1.165, 1.54) is 11.8 Å². The Morgan fingerprint density at radius 3 is 2.81 bits per heavy atom. The third kappa shape index (κ3) is 3.59. The van der Waals surface area contributed by atoms with Crippen molar-refractivity contribution in [2.45, 2.75) is 50.5 Å². The average Bonchev–Trinajstić information content (AvgIpc) is 3.07. The van der Waals surface area contributed by atoms with Crippen LogP contribution in [0.4, 0.5) is 5.82 Å². The van der Waals surface area contributed by atoms with Gasteiger partial charge in [-0.15, -0.1) is 0 Å². The van der Waals surface area contributed by atoms with E-state index in [2.05, 4.69) is 23.9 Å². The van der Waals surface area contributed by atoms with Gasteiger partial charge in [0.15, 0.2) is 5.82 Å². The van der Waals surface area contributed by atoms with E-state index in [0.29, 0.717) is 34.8 Å². The van der Waals surface area contributed by atoms with Crippen LogP contribution in [0.25, 0.3) is 10.9 Å². The summed E-state index contributed by atoms with van der Waals surface area (Å²) in [5, 5.41) is 4.27. The molecule has 4 heterocycles. The number of aromatic amines is 2. The van der Waals surface area contributed by atoms with Crippen LogP contribution in [0.1, 0.15) is 56.0 Å². The van der Waals surface area contributed by atoms with E-state index in [9.17, 15) is 9.59 Å². The van der Waals surface area contributed by atoms with E-state index >= 15 is 0 Å². The molecule has 0 amide bonds. The fourth-order valence-electron chi connectivity index (χ4n) is 4.63. The van der Waals surface area contributed by atoms with E-state index in [0.717, 1.165) is 23.3 Å². The first-order valence-electron chi connectivity index (χ1n) is 10.7. The van der Waals surface area contributed by atoms with Gasteiger partial charge in [-0.3, -0.25) is 19.4 Å². The highest BCUT2D eigenvalue weighted by Crippen LogP contribution is 2.45. The average molecular weight is 455 g/mol. The number of aliphatic imine (C=N–C) groups is 1. The first kappa shape index (κ1) is 21.1. The zero-order chi connectivity index (χ0) is 22.6. The third-order valence-electron chi connectivity index (χ3n) is 6.15.